The summed E-state index contributed by atoms with van der Waals surface area (Å²) in [5.74, 6) is -0.227. The molecule has 17 heavy (non-hydrogen) atoms. The molecule has 0 spiro atoms. The summed E-state index contributed by atoms with van der Waals surface area (Å²) >= 11 is 0. The fourth-order valence-electron chi connectivity index (χ4n) is 1.68. The normalized spacial score (nSPS) is 14.7. The zero-order valence-corrected chi connectivity index (χ0v) is 10.7. The first-order valence-electron chi connectivity index (χ1n) is 5.47. The van der Waals surface area contributed by atoms with Crippen LogP contribution in [0.25, 0.3) is 0 Å². The van der Waals surface area contributed by atoms with Crippen LogP contribution in [0, 0.1) is 6.92 Å². The van der Waals surface area contributed by atoms with Gasteiger partial charge in [0.1, 0.15) is 0 Å². The first-order chi connectivity index (χ1) is 7.82. The number of hydrogen-bond acceptors (Lipinski definition) is 4. The van der Waals surface area contributed by atoms with Crippen molar-refractivity contribution in [2.24, 2.45) is 0 Å². The molecule has 0 aliphatic heterocycles. The molecule has 0 fully saturated rings. The summed E-state index contributed by atoms with van der Waals surface area (Å²) in [6, 6.07) is 0. The molecule has 1 amide bonds. The monoisotopic (exact) mass is 240 g/mol. The highest BCUT2D eigenvalue weighted by atomic mass is 16.3. The highest BCUT2D eigenvalue weighted by Gasteiger charge is 2.22. The molecule has 6 heteroatoms. The van der Waals surface area contributed by atoms with Gasteiger partial charge in [-0.05, 0) is 27.9 Å². The Kier molecular flexibility index (Phi) is 4.25. The van der Waals surface area contributed by atoms with E-state index in [4.69, 9.17) is 0 Å². The van der Waals surface area contributed by atoms with Gasteiger partial charge in [-0.15, -0.1) is 0 Å². The van der Waals surface area contributed by atoms with Crippen LogP contribution < -0.4 is 5.32 Å². The third-order valence-electron chi connectivity index (χ3n) is 2.36. The Bertz CT molecular complexity index is 385. The molecular weight excluding hydrogens is 220 g/mol. The Morgan fingerprint density at radius 1 is 1.65 bits per heavy atom. The third kappa shape index (κ3) is 4.16. The summed E-state index contributed by atoms with van der Waals surface area (Å²) in [6.45, 7) is 4.15. The van der Waals surface area contributed by atoms with Gasteiger partial charge in [0.05, 0.1) is 17.4 Å². The lowest BCUT2D eigenvalue weighted by Crippen LogP contribution is -2.47. The molecule has 0 saturated heterocycles. The van der Waals surface area contributed by atoms with Crippen molar-refractivity contribution in [3.8, 4) is 0 Å². The van der Waals surface area contributed by atoms with Crippen LogP contribution in [-0.4, -0.2) is 58.9 Å². The van der Waals surface area contributed by atoms with Gasteiger partial charge in [0.25, 0.3) is 5.91 Å². The largest absolute Gasteiger partial charge is 0.387 e. The van der Waals surface area contributed by atoms with Crippen LogP contribution in [0.4, 0.5) is 0 Å². The molecule has 1 atom stereocenters. The van der Waals surface area contributed by atoms with Crippen LogP contribution in [0.5, 0.6) is 0 Å². The van der Waals surface area contributed by atoms with Crippen molar-refractivity contribution in [2.75, 3.05) is 27.2 Å². The van der Waals surface area contributed by atoms with E-state index < -0.39 is 5.60 Å². The molecule has 0 bridgehead atoms. The third-order valence-corrected chi connectivity index (χ3v) is 2.36. The maximum absolute atomic E-state index is 11.8. The number of carbonyl (C=O) groups excluding carboxylic acids is 1. The van der Waals surface area contributed by atoms with E-state index in [9.17, 15) is 9.90 Å². The number of H-pyrrole nitrogens is 1. The fraction of sp³-hybridized carbons (Fsp3) is 0.636. The zero-order chi connectivity index (χ0) is 13.1. The van der Waals surface area contributed by atoms with Gasteiger partial charge in [-0.3, -0.25) is 9.89 Å². The summed E-state index contributed by atoms with van der Waals surface area (Å²) in [6.07, 6.45) is 1.48. The van der Waals surface area contributed by atoms with Crippen LogP contribution in [0.15, 0.2) is 6.20 Å². The molecule has 3 N–H and O–H groups in total. The summed E-state index contributed by atoms with van der Waals surface area (Å²) < 4.78 is 0. The number of rotatable bonds is 5. The summed E-state index contributed by atoms with van der Waals surface area (Å²) in [7, 11) is 3.74. The van der Waals surface area contributed by atoms with E-state index in [-0.39, 0.29) is 12.5 Å². The first kappa shape index (κ1) is 13.7. The molecule has 0 aliphatic carbocycles. The molecule has 6 nitrogen and oxygen atoms in total. The molecule has 0 radical (unpaired) electrons. The van der Waals surface area contributed by atoms with E-state index in [0.717, 1.165) is 5.69 Å². The zero-order valence-electron chi connectivity index (χ0n) is 10.7. The van der Waals surface area contributed by atoms with Crippen LogP contribution in [-0.2, 0) is 0 Å². The standard InChI is InChI=1S/C11H20N4O2/c1-8-9(5-13-14-8)10(16)12-6-11(2,17)7-15(3)4/h5,17H,6-7H2,1-4H3,(H,12,16)(H,13,14). The van der Waals surface area contributed by atoms with Crippen LogP contribution in [0.3, 0.4) is 0 Å². The molecule has 1 rings (SSSR count). The second kappa shape index (κ2) is 5.29. The van der Waals surface area contributed by atoms with E-state index >= 15 is 0 Å². The minimum Gasteiger partial charge on any atom is -0.387 e. The van der Waals surface area contributed by atoms with Crippen molar-refractivity contribution >= 4 is 5.91 Å². The number of aliphatic hydroxyl groups is 1. The van der Waals surface area contributed by atoms with Gasteiger partial charge < -0.3 is 15.3 Å². The Morgan fingerprint density at radius 3 is 2.76 bits per heavy atom. The Morgan fingerprint density at radius 2 is 2.29 bits per heavy atom. The number of carbonyl (C=O) groups is 1. The summed E-state index contributed by atoms with van der Waals surface area (Å²) in [4.78, 5) is 13.6. The Labute approximate surface area is 101 Å². The van der Waals surface area contributed by atoms with Gasteiger partial charge in [0, 0.05) is 18.8 Å². The van der Waals surface area contributed by atoms with Crippen LogP contribution in [0.1, 0.15) is 23.0 Å². The van der Waals surface area contributed by atoms with Gasteiger partial charge in [0.15, 0.2) is 0 Å². The SMILES string of the molecule is Cc1[nH]ncc1C(=O)NCC(C)(O)CN(C)C. The molecule has 1 aromatic rings. The van der Waals surface area contributed by atoms with Gasteiger partial charge in [-0.2, -0.15) is 5.10 Å². The molecule has 1 unspecified atom stereocenters. The number of aromatic amines is 1. The van der Waals surface area contributed by atoms with Crippen molar-refractivity contribution in [1.29, 1.82) is 0 Å². The van der Waals surface area contributed by atoms with Crippen molar-refractivity contribution in [3.05, 3.63) is 17.5 Å². The number of amides is 1. The fourth-order valence-corrected chi connectivity index (χ4v) is 1.68. The highest BCUT2D eigenvalue weighted by Crippen LogP contribution is 2.05. The van der Waals surface area contributed by atoms with E-state index in [1.807, 2.05) is 19.0 Å². The molecular formula is C11H20N4O2. The highest BCUT2D eigenvalue weighted by molar-refractivity contribution is 5.94. The first-order valence-corrected chi connectivity index (χ1v) is 5.47. The average Bonchev–Trinajstić information content (AvgIpc) is 2.59. The lowest BCUT2D eigenvalue weighted by atomic mass is 10.1. The number of aromatic nitrogens is 2. The van der Waals surface area contributed by atoms with Gasteiger partial charge in [0.2, 0.25) is 0 Å². The van der Waals surface area contributed by atoms with E-state index in [1.165, 1.54) is 6.20 Å². The molecule has 1 aromatic heterocycles. The van der Waals surface area contributed by atoms with Crippen LogP contribution in [0.2, 0.25) is 0 Å². The van der Waals surface area contributed by atoms with Crippen LogP contribution >= 0.6 is 0 Å². The van der Waals surface area contributed by atoms with Gasteiger partial charge in [-0.1, -0.05) is 0 Å². The van der Waals surface area contributed by atoms with Gasteiger partial charge in [-0.25, -0.2) is 0 Å². The molecule has 0 aliphatic rings. The summed E-state index contributed by atoms with van der Waals surface area (Å²) in [5, 5.41) is 19.2. The number of likely N-dealkylation sites (N-methyl/N-ethyl adjacent to an activating group) is 1. The smallest absolute Gasteiger partial charge is 0.254 e. The maximum Gasteiger partial charge on any atom is 0.254 e. The van der Waals surface area contributed by atoms with Crippen molar-refractivity contribution in [1.82, 2.24) is 20.4 Å². The Balaban J connectivity index is 2.51. The maximum atomic E-state index is 11.8. The molecule has 1 heterocycles. The number of nitrogens with one attached hydrogen (secondary N) is 2. The van der Waals surface area contributed by atoms with Crippen molar-refractivity contribution < 1.29 is 9.90 Å². The lowest BCUT2D eigenvalue weighted by molar-refractivity contribution is 0.0326. The second-order valence-electron chi connectivity index (χ2n) is 4.83. The minimum atomic E-state index is -0.948. The average molecular weight is 240 g/mol. The summed E-state index contributed by atoms with van der Waals surface area (Å²) in [5.41, 5.74) is 0.275. The van der Waals surface area contributed by atoms with Gasteiger partial charge >= 0.3 is 0 Å². The molecule has 0 aromatic carbocycles. The topological polar surface area (TPSA) is 81.2 Å². The van der Waals surface area contributed by atoms with Crippen molar-refractivity contribution in [3.63, 3.8) is 0 Å². The predicted octanol–water partition coefficient (Wildman–Crippen LogP) is -0.239. The number of aryl methyl sites for hydroxylation is 1. The second-order valence-corrected chi connectivity index (χ2v) is 4.83. The quantitative estimate of drug-likeness (QED) is 0.663. The predicted molar refractivity (Wildman–Crippen MR) is 64.8 cm³/mol. The number of nitrogens with zero attached hydrogens (tertiary/aromatic N) is 2. The Hall–Kier alpha value is -1.40. The van der Waals surface area contributed by atoms with E-state index in [2.05, 4.69) is 15.5 Å². The number of hydrogen-bond donors (Lipinski definition) is 3. The van der Waals surface area contributed by atoms with Crippen molar-refractivity contribution in [2.45, 2.75) is 19.4 Å². The minimum absolute atomic E-state index is 0.203. The lowest BCUT2D eigenvalue weighted by Gasteiger charge is -2.27. The molecule has 96 valence electrons. The van der Waals surface area contributed by atoms with E-state index in [0.29, 0.717) is 12.1 Å². The molecule has 0 saturated carbocycles. The van der Waals surface area contributed by atoms with E-state index in [1.54, 1.807) is 13.8 Å².